The molecule has 8 nitrogen and oxygen atoms in total. The predicted molar refractivity (Wildman–Crippen MR) is 115 cm³/mol. The molecule has 0 atom stereocenters. The third kappa shape index (κ3) is 5.39. The second kappa shape index (κ2) is 10.6. The molecule has 1 heterocycles. The normalized spacial score (nSPS) is 14.0. The Labute approximate surface area is 182 Å². The third-order valence-corrected chi connectivity index (χ3v) is 5.32. The number of ether oxygens (including phenoxy) is 4. The minimum Gasteiger partial charge on any atom is -0.493 e. The van der Waals surface area contributed by atoms with E-state index in [1.54, 1.807) is 29.2 Å². The first kappa shape index (κ1) is 22.3. The zero-order valence-electron chi connectivity index (χ0n) is 18.1. The monoisotopic (exact) mass is 428 g/mol. The summed E-state index contributed by atoms with van der Waals surface area (Å²) in [4.78, 5) is 26.7. The lowest BCUT2D eigenvalue weighted by molar-refractivity contribution is 0.0927. The molecule has 0 bridgehead atoms. The largest absolute Gasteiger partial charge is 0.493 e. The maximum absolute atomic E-state index is 12.7. The number of carbonyl (C=O) groups excluding carboxylic acids is 2. The van der Waals surface area contributed by atoms with Crippen molar-refractivity contribution in [3.05, 3.63) is 48.0 Å². The average molecular weight is 428 g/mol. The molecular formula is C23H28N2O6. The first-order chi connectivity index (χ1) is 15.1. The van der Waals surface area contributed by atoms with E-state index >= 15 is 0 Å². The number of methoxy groups -OCH3 is 3. The zero-order chi connectivity index (χ0) is 22.2. The van der Waals surface area contributed by atoms with Gasteiger partial charge in [0.05, 0.1) is 26.9 Å². The van der Waals surface area contributed by atoms with Crippen molar-refractivity contribution >= 4 is 12.0 Å². The number of benzene rings is 2. The summed E-state index contributed by atoms with van der Waals surface area (Å²) in [5, 5.41) is 2.97. The molecule has 0 unspecified atom stereocenters. The van der Waals surface area contributed by atoms with Gasteiger partial charge in [0.1, 0.15) is 5.75 Å². The molecule has 166 valence electrons. The van der Waals surface area contributed by atoms with E-state index in [1.807, 2.05) is 18.2 Å². The SMILES string of the molecule is COc1ccc(C(=O)NCC2CCN(C(=O)Oc3ccccc3)CC2)c(OC)c1OC. The number of nitrogens with one attached hydrogen (secondary N) is 1. The van der Waals surface area contributed by atoms with E-state index in [0.29, 0.717) is 48.2 Å². The van der Waals surface area contributed by atoms with Gasteiger partial charge in [-0.1, -0.05) is 18.2 Å². The van der Waals surface area contributed by atoms with Crippen LogP contribution in [-0.4, -0.2) is 57.9 Å². The lowest BCUT2D eigenvalue weighted by atomic mass is 9.97. The van der Waals surface area contributed by atoms with E-state index in [2.05, 4.69) is 5.32 Å². The van der Waals surface area contributed by atoms with Crippen LogP contribution in [0, 0.1) is 5.92 Å². The molecule has 1 N–H and O–H groups in total. The van der Waals surface area contributed by atoms with E-state index in [9.17, 15) is 9.59 Å². The number of nitrogens with zero attached hydrogens (tertiary/aromatic N) is 1. The lowest BCUT2D eigenvalue weighted by Gasteiger charge is -2.31. The Balaban J connectivity index is 1.52. The van der Waals surface area contributed by atoms with E-state index in [-0.39, 0.29) is 17.9 Å². The quantitative estimate of drug-likeness (QED) is 0.728. The summed E-state index contributed by atoms with van der Waals surface area (Å²) in [5.74, 6) is 1.76. The number of hydrogen-bond donors (Lipinski definition) is 1. The molecule has 3 rings (SSSR count). The van der Waals surface area contributed by atoms with Gasteiger partial charge in [-0.15, -0.1) is 0 Å². The van der Waals surface area contributed by atoms with Crippen molar-refractivity contribution in [1.82, 2.24) is 10.2 Å². The van der Waals surface area contributed by atoms with Crippen molar-refractivity contribution in [3.63, 3.8) is 0 Å². The highest BCUT2D eigenvalue weighted by Gasteiger charge is 2.26. The Hall–Kier alpha value is -3.42. The van der Waals surface area contributed by atoms with Gasteiger partial charge in [0, 0.05) is 19.6 Å². The van der Waals surface area contributed by atoms with Crippen molar-refractivity contribution in [2.45, 2.75) is 12.8 Å². The van der Waals surface area contributed by atoms with E-state index in [4.69, 9.17) is 18.9 Å². The van der Waals surface area contributed by atoms with Crippen LogP contribution in [0.3, 0.4) is 0 Å². The highest BCUT2D eigenvalue weighted by molar-refractivity contribution is 5.98. The van der Waals surface area contributed by atoms with Gasteiger partial charge >= 0.3 is 6.09 Å². The first-order valence-electron chi connectivity index (χ1n) is 10.2. The van der Waals surface area contributed by atoms with E-state index in [0.717, 1.165) is 12.8 Å². The Morgan fingerprint density at radius 1 is 0.935 bits per heavy atom. The fourth-order valence-electron chi connectivity index (χ4n) is 3.59. The molecule has 0 aliphatic carbocycles. The topological polar surface area (TPSA) is 86.3 Å². The molecule has 0 aromatic heterocycles. The van der Waals surface area contributed by atoms with Gasteiger partial charge in [-0.05, 0) is 43.0 Å². The van der Waals surface area contributed by atoms with Crippen LogP contribution in [-0.2, 0) is 0 Å². The van der Waals surface area contributed by atoms with Crippen LogP contribution >= 0.6 is 0 Å². The number of amides is 2. The van der Waals surface area contributed by atoms with E-state index in [1.165, 1.54) is 21.3 Å². The summed E-state index contributed by atoms with van der Waals surface area (Å²) in [6, 6.07) is 12.3. The van der Waals surface area contributed by atoms with Gasteiger partial charge < -0.3 is 29.2 Å². The third-order valence-electron chi connectivity index (χ3n) is 5.32. The fraction of sp³-hybridized carbons (Fsp3) is 0.391. The van der Waals surface area contributed by atoms with Gasteiger partial charge in [0.15, 0.2) is 11.5 Å². The Kier molecular flexibility index (Phi) is 7.59. The first-order valence-corrected chi connectivity index (χ1v) is 10.2. The molecule has 8 heteroatoms. The number of rotatable bonds is 7. The molecule has 31 heavy (non-hydrogen) atoms. The average Bonchev–Trinajstić information content (AvgIpc) is 2.82. The molecule has 1 aliphatic heterocycles. The van der Waals surface area contributed by atoms with Gasteiger partial charge in [-0.25, -0.2) is 4.79 Å². The minimum absolute atomic E-state index is 0.247. The number of likely N-dealkylation sites (tertiary alicyclic amines) is 1. The highest BCUT2D eigenvalue weighted by Crippen LogP contribution is 2.39. The lowest BCUT2D eigenvalue weighted by Crippen LogP contribution is -2.42. The van der Waals surface area contributed by atoms with Crippen LogP contribution < -0.4 is 24.3 Å². The molecule has 2 aromatic carbocycles. The Morgan fingerprint density at radius 3 is 2.23 bits per heavy atom. The summed E-state index contributed by atoms with van der Waals surface area (Å²) in [6.45, 7) is 1.69. The van der Waals surface area contributed by atoms with Crippen molar-refractivity contribution in [2.24, 2.45) is 5.92 Å². The summed E-state index contributed by atoms with van der Waals surface area (Å²) in [5.41, 5.74) is 0.379. The molecular weight excluding hydrogens is 400 g/mol. The smallest absolute Gasteiger partial charge is 0.415 e. The summed E-state index contributed by atoms with van der Waals surface area (Å²) in [7, 11) is 4.51. The standard InChI is InChI=1S/C23H28N2O6/c1-28-19-10-9-18(20(29-2)21(19)30-3)22(26)24-15-16-11-13-25(14-12-16)23(27)31-17-7-5-4-6-8-17/h4-10,16H,11-15H2,1-3H3,(H,24,26). The molecule has 1 fully saturated rings. The molecule has 1 aliphatic rings. The maximum Gasteiger partial charge on any atom is 0.415 e. The summed E-state index contributed by atoms with van der Waals surface area (Å²) >= 11 is 0. The zero-order valence-corrected chi connectivity index (χ0v) is 18.1. The Bertz CT molecular complexity index is 894. The van der Waals surface area contributed by atoms with Crippen molar-refractivity contribution < 1.29 is 28.5 Å². The Morgan fingerprint density at radius 2 is 1.61 bits per heavy atom. The molecule has 0 radical (unpaired) electrons. The molecule has 0 saturated carbocycles. The van der Waals surface area contributed by atoms with Crippen LogP contribution in [0.5, 0.6) is 23.0 Å². The highest BCUT2D eigenvalue weighted by atomic mass is 16.6. The molecule has 2 aromatic rings. The predicted octanol–water partition coefficient (Wildman–Crippen LogP) is 3.35. The van der Waals surface area contributed by atoms with Crippen molar-refractivity contribution in [3.8, 4) is 23.0 Å². The van der Waals surface area contributed by atoms with Crippen LogP contribution in [0.2, 0.25) is 0 Å². The van der Waals surface area contributed by atoms with Crippen LogP contribution in [0.4, 0.5) is 4.79 Å². The van der Waals surface area contributed by atoms with Gasteiger partial charge in [-0.3, -0.25) is 4.79 Å². The number of hydrogen-bond acceptors (Lipinski definition) is 6. The van der Waals surface area contributed by atoms with Crippen LogP contribution in [0.15, 0.2) is 42.5 Å². The number of carbonyl (C=O) groups is 2. The molecule has 1 saturated heterocycles. The maximum atomic E-state index is 12.7. The van der Waals surface area contributed by atoms with Crippen LogP contribution in [0.25, 0.3) is 0 Å². The van der Waals surface area contributed by atoms with Gasteiger partial charge in [0.25, 0.3) is 5.91 Å². The van der Waals surface area contributed by atoms with Gasteiger partial charge in [-0.2, -0.15) is 0 Å². The van der Waals surface area contributed by atoms with Gasteiger partial charge in [0.2, 0.25) is 5.75 Å². The fourth-order valence-corrected chi connectivity index (χ4v) is 3.59. The summed E-state index contributed by atoms with van der Waals surface area (Å²) < 4.78 is 21.4. The van der Waals surface area contributed by atoms with Crippen molar-refractivity contribution in [1.29, 1.82) is 0 Å². The van der Waals surface area contributed by atoms with E-state index < -0.39 is 0 Å². The second-order valence-corrected chi connectivity index (χ2v) is 7.20. The van der Waals surface area contributed by atoms with Crippen molar-refractivity contribution in [2.75, 3.05) is 41.0 Å². The number of piperidine rings is 1. The molecule has 2 amide bonds. The second-order valence-electron chi connectivity index (χ2n) is 7.20. The molecule has 0 spiro atoms. The van der Waals surface area contributed by atoms with Crippen LogP contribution in [0.1, 0.15) is 23.2 Å². The number of para-hydroxylation sites is 1. The summed E-state index contributed by atoms with van der Waals surface area (Å²) in [6.07, 6.45) is 1.23. The minimum atomic E-state index is -0.344.